The van der Waals surface area contributed by atoms with Gasteiger partial charge in [-0.25, -0.2) is 0 Å². The van der Waals surface area contributed by atoms with Crippen molar-refractivity contribution in [2.24, 2.45) is 0 Å². The Balaban J connectivity index is 1.31. The second-order valence-corrected chi connectivity index (χ2v) is 8.68. The first-order valence-corrected chi connectivity index (χ1v) is 11.4. The molecule has 0 bridgehead atoms. The van der Waals surface area contributed by atoms with E-state index in [0.29, 0.717) is 18.2 Å². The van der Waals surface area contributed by atoms with Gasteiger partial charge in [-0.1, -0.05) is 12.1 Å². The summed E-state index contributed by atoms with van der Waals surface area (Å²) in [7, 11) is 0. The number of carbonyl (C=O) groups excluding carboxylic acids is 1. The van der Waals surface area contributed by atoms with Crippen molar-refractivity contribution in [3.8, 4) is 0 Å². The molecule has 29 heavy (non-hydrogen) atoms. The summed E-state index contributed by atoms with van der Waals surface area (Å²) in [5, 5.41) is 0. The van der Waals surface area contributed by atoms with Crippen LogP contribution in [-0.2, 0) is 9.53 Å². The molecule has 3 aliphatic rings. The first-order chi connectivity index (χ1) is 14.2. The molecule has 2 fully saturated rings. The first-order valence-electron chi connectivity index (χ1n) is 11.4. The number of allylic oxidation sites excluding steroid dienone is 2. The molecule has 0 radical (unpaired) electrons. The summed E-state index contributed by atoms with van der Waals surface area (Å²) in [5.41, 5.74) is 11.3. The molecule has 1 aliphatic carbocycles. The molecular weight excluding hydrogens is 362 g/mol. The molecule has 2 heterocycles. The van der Waals surface area contributed by atoms with Crippen LogP contribution in [0.15, 0.2) is 24.3 Å². The molecule has 0 atom stereocenters. The highest BCUT2D eigenvalue weighted by Gasteiger charge is 2.25. The van der Waals surface area contributed by atoms with Crippen LogP contribution in [0.2, 0.25) is 0 Å². The number of benzene rings is 1. The van der Waals surface area contributed by atoms with Crippen molar-refractivity contribution in [3.63, 3.8) is 0 Å². The Morgan fingerprint density at radius 3 is 2.62 bits per heavy atom. The minimum Gasteiger partial charge on any atom is -0.398 e. The number of hydrogen-bond acceptors (Lipinski definition) is 4. The second-order valence-electron chi connectivity index (χ2n) is 8.68. The Morgan fingerprint density at radius 2 is 1.90 bits per heavy atom. The van der Waals surface area contributed by atoms with E-state index in [9.17, 15) is 4.79 Å². The quantitative estimate of drug-likeness (QED) is 0.771. The smallest absolute Gasteiger partial charge is 0.223 e. The zero-order valence-electron chi connectivity index (χ0n) is 17.6. The van der Waals surface area contributed by atoms with Crippen LogP contribution in [0.5, 0.6) is 0 Å². The molecule has 1 aromatic rings. The van der Waals surface area contributed by atoms with Gasteiger partial charge in [0.25, 0.3) is 0 Å². The lowest BCUT2D eigenvalue weighted by molar-refractivity contribution is -0.132. The van der Waals surface area contributed by atoms with Gasteiger partial charge >= 0.3 is 0 Å². The summed E-state index contributed by atoms with van der Waals surface area (Å²) in [6.07, 6.45) is 9.96. The summed E-state index contributed by atoms with van der Waals surface area (Å²) >= 11 is 0. The predicted molar refractivity (Wildman–Crippen MR) is 118 cm³/mol. The van der Waals surface area contributed by atoms with Gasteiger partial charge in [-0.2, -0.15) is 0 Å². The molecule has 0 spiro atoms. The summed E-state index contributed by atoms with van der Waals surface area (Å²) < 4.78 is 5.38. The standard InChI is InChI=1S/C24H35N3O2/c25-23-7-6-21(18-22(23)20-4-2-1-3-5-20)19-8-12-27(13-9-19)24(28)10-11-26-14-16-29-17-15-26/h4,6-7,18-19H,1-3,5,8-17,25H2. The van der Waals surface area contributed by atoms with Crippen LogP contribution in [-0.4, -0.2) is 61.6 Å². The molecule has 2 N–H and O–H groups in total. The number of ether oxygens (including phenoxy) is 1. The van der Waals surface area contributed by atoms with E-state index in [-0.39, 0.29) is 0 Å². The zero-order valence-corrected chi connectivity index (χ0v) is 17.6. The second kappa shape index (κ2) is 9.77. The normalized spacial score (nSPS) is 21.8. The minimum absolute atomic E-state index is 0.306. The van der Waals surface area contributed by atoms with Gasteiger partial charge in [-0.05, 0) is 67.7 Å². The molecular formula is C24H35N3O2. The maximum absolute atomic E-state index is 12.6. The predicted octanol–water partition coefficient (Wildman–Crippen LogP) is 3.65. The van der Waals surface area contributed by atoms with E-state index in [1.54, 1.807) is 0 Å². The number of rotatable bonds is 5. The maximum Gasteiger partial charge on any atom is 0.223 e. The fourth-order valence-corrected chi connectivity index (χ4v) is 4.89. The molecule has 2 aliphatic heterocycles. The van der Waals surface area contributed by atoms with Crippen LogP contribution in [0.25, 0.3) is 5.57 Å². The summed E-state index contributed by atoms with van der Waals surface area (Å²) in [5.74, 6) is 0.835. The number of piperidine rings is 1. The third kappa shape index (κ3) is 5.20. The number of nitrogen functional groups attached to an aromatic ring is 1. The SMILES string of the molecule is Nc1ccc(C2CCN(C(=O)CCN3CCOCC3)CC2)cc1C1=CCCCC1. The number of hydrogen-bond donors (Lipinski definition) is 1. The summed E-state index contributed by atoms with van der Waals surface area (Å²) in [6, 6.07) is 6.61. The minimum atomic E-state index is 0.306. The van der Waals surface area contributed by atoms with Crippen molar-refractivity contribution in [1.29, 1.82) is 0 Å². The van der Waals surface area contributed by atoms with Gasteiger partial charge in [0.05, 0.1) is 13.2 Å². The molecule has 4 rings (SSSR count). The van der Waals surface area contributed by atoms with E-state index in [2.05, 4.69) is 34.1 Å². The number of amides is 1. The van der Waals surface area contributed by atoms with Crippen LogP contribution in [0.1, 0.15) is 62.0 Å². The highest BCUT2D eigenvalue weighted by molar-refractivity contribution is 5.77. The lowest BCUT2D eigenvalue weighted by atomic mass is 9.85. The number of nitrogens with zero attached hydrogens (tertiary/aromatic N) is 2. The average molecular weight is 398 g/mol. The Hall–Kier alpha value is -1.85. The van der Waals surface area contributed by atoms with Crippen molar-refractivity contribution >= 4 is 17.2 Å². The topological polar surface area (TPSA) is 58.8 Å². The van der Waals surface area contributed by atoms with E-state index in [4.69, 9.17) is 10.5 Å². The van der Waals surface area contributed by atoms with Crippen molar-refractivity contribution in [2.45, 2.75) is 50.9 Å². The van der Waals surface area contributed by atoms with Crippen molar-refractivity contribution in [2.75, 3.05) is 51.7 Å². The highest BCUT2D eigenvalue weighted by Crippen LogP contribution is 2.35. The third-order valence-corrected chi connectivity index (χ3v) is 6.78. The molecule has 0 saturated carbocycles. The van der Waals surface area contributed by atoms with Crippen LogP contribution in [0.3, 0.4) is 0 Å². The van der Waals surface area contributed by atoms with Crippen molar-refractivity contribution in [1.82, 2.24) is 9.80 Å². The van der Waals surface area contributed by atoms with Gasteiger partial charge in [0.2, 0.25) is 5.91 Å². The summed E-state index contributed by atoms with van der Waals surface area (Å²) in [6.45, 7) is 6.08. The largest absolute Gasteiger partial charge is 0.398 e. The number of likely N-dealkylation sites (tertiary alicyclic amines) is 1. The Morgan fingerprint density at radius 1 is 1.10 bits per heavy atom. The van der Waals surface area contributed by atoms with E-state index in [1.165, 1.54) is 36.0 Å². The van der Waals surface area contributed by atoms with Crippen LogP contribution in [0, 0.1) is 0 Å². The highest BCUT2D eigenvalue weighted by atomic mass is 16.5. The number of anilines is 1. The maximum atomic E-state index is 12.6. The molecule has 2 saturated heterocycles. The van der Waals surface area contributed by atoms with Crippen molar-refractivity contribution in [3.05, 3.63) is 35.4 Å². The third-order valence-electron chi connectivity index (χ3n) is 6.78. The van der Waals surface area contributed by atoms with E-state index < -0.39 is 0 Å². The van der Waals surface area contributed by atoms with E-state index in [0.717, 1.165) is 70.9 Å². The van der Waals surface area contributed by atoms with Crippen LogP contribution < -0.4 is 5.73 Å². The lowest BCUT2D eigenvalue weighted by Gasteiger charge is -2.33. The molecule has 1 amide bonds. The molecule has 5 heteroatoms. The van der Waals surface area contributed by atoms with Gasteiger partial charge in [0.1, 0.15) is 0 Å². The van der Waals surface area contributed by atoms with Gasteiger partial charge in [-0.3, -0.25) is 9.69 Å². The van der Waals surface area contributed by atoms with Crippen LogP contribution >= 0.6 is 0 Å². The van der Waals surface area contributed by atoms with E-state index in [1.807, 2.05) is 0 Å². The van der Waals surface area contributed by atoms with Crippen molar-refractivity contribution < 1.29 is 9.53 Å². The number of carbonyl (C=O) groups is 1. The van der Waals surface area contributed by atoms with Crippen LogP contribution in [0.4, 0.5) is 5.69 Å². The Bertz CT molecular complexity index is 732. The monoisotopic (exact) mass is 397 g/mol. The molecule has 0 unspecified atom stereocenters. The molecule has 1 aromatic carbocycles. The van der Waals surface area contributed by atoms with Gasteiger partial charge in [0.15, 0.2) is 0 Å². The van der Waals surface area contributed by atoms with Gasteiger partial charge in [0, 0.05) is 50.4 Å². The number of nitrogens with two attached hydrogens (primary N) is 1. The molecule has 0 aromatic heterocycles. The average Bonchev–Trinajstić information content (AvgIpc) is 2.79. The molecule has 158 valence electrons. The number of morpholine rings is 1. The van der Waals surface area contributed by atoms with Gasteiger partial charge < -0.3 is 15.4 Å². The fraction of sp³-hybridized carbons (Fsp3) is 0.625. The zero-order chi connectivity index (χ0) is 20.1. The molecule has 5 nitrogen and oxygen atoms in total. The summed E-state index contributed by atoms with van der Waals surface area (Å²) in [4.78, 5) is 17.0. The first kappa shape index (κ1) is 20.4. The van der Waals surface area contributed by atoms with E-state index >= 15 is 0 Å². The Kier molecular flexibility index (Phi) is 6.88. The fourth-order valence-electron chi connectivity index (χ4n) is 4.89. The Labute approximate surface area is 174 Å². The van der Waals surface area contributed by atoms with Gasteiger partial charge in [-0.15, -0.1) is 0 Å². The lowest BCUT2D eigenvalue weighted by Crippen LogP contribution is -2.41.